The molecule has 0 aliphatic carbocycles. The Labute approximate surface area is 104 Å². The molecule has 2 aromatic rings. The van der Waals surface area contributed by atoms with Crippen LogP contribution in [0.1, 0.15) is 12.5 Å². The molecule has 0 saturated carbocycles. The smallest absolute Gasteiger partial charge is 0.290 e. The second kappa shape index (κ2) is 7.01. The minimum absolute atomic E-state index is 0.0359. The van der Waals surface area contributed by atoms with Gasteiger partial charge in [0.25, 0.3) is 12.0 Å². The molecule has 0 atom stereocenters. The molecule has 0 aliphatic rings. The van der Waals surface area contributed by atoms with Gasteiger partial charge in [0.15, 0.2) is 0 Å². The first-order valence-electron chi connectivity index (χ1n) is 5.45. The van der Waals surface area contributed by atoms with E-state index in [1.165, 1.54) is 4.68 Å². The van der Waals surface area contributed by atoms with Gasteiger partial charge in [-0.05, 0) is 24.6 Å². The van der Waals surface area contributed by atoms with Gasteiger partial charge in [-0.15, -0.1) is 0 Å². The lowest BCUT2D eigenvalue weighted by Crippen LogP contribution is -2.23. The standard InChI is InChI=1S/C12H12N2O.CH2O2/c1-2-10-8-9-13-14(12(10)15)11-6-4-3-5-7-11;2-1-3/h3-9H,2H2,1H3;1H,(H,2,3). The summed E-state index contributed by atoms with van der Waals surface area (Å²) in [6.45, 7) is 1.71. The van der Waals surface area contributed by atoms with E-state index >= 15 is 0 Å². The number of aromatic nitrogens is 2. The molecule has 0 fully saturated rings. The van der Waals surface area contributed by atoms with Crippen molar-refractivity contribution in [1.82, 2.24) is 9.78 Å². The van der Waals surface area contributed by atoms with Crippen LogP contribution in [-0.4, -0.2) is 21.4 Å². The molecule has 0 amide bonds. The Morgan fingerprint density at radius 2 is 1.89 bits per heavy atom. The molecular formula is C13H14N2O3. The van der Waals surface area contributed by atoms with Crippen LogP contribution < -0.4 is 5.56 Å². The van der Waals surface area contributed by atoms with Crippen molar-refractivity contribution in [3.05, 3.63) is 58.5 Å². The average Bonchev–Trinajstić information content (AvgIpc) is 2.41. The zero-order chi connectivity index (χ0) is 13.4. The molecule has 0 unspecified atom stereocenters. The summed E-state index contributed by atoms with van der Waals surface area (Å²) in [5.74, 6) is 0. The third-order valence-corrected chi connectivity index (χ3v) is 2.31. The van der Waals surface area contributed by atoms with E-state index in [0.717, 1.165) is 17.7 Å². The molecule has 18 heavy (non-hydrogen) atoms. The van der Waals surface area contributed by atoms with Crippen LogP contribution in [0.2, 0.25) is 0 Å². The molecule has 2 rings (SSSR count). The molecule has 1 aromatic carbocycles. The van der Waals surface area contributed by atoms with Gasteiger partial charge < -0.3 is 5.11 Å². The zero-order valence-corrected chi connectivity index (χ0v) is 9.98. The fourth-order valence-electron chi connectivity index (χ4n) is 1.47. The number of para-hydroxylation sites is 1. The largest absolute Gasteiger partial charge is 0.483 e. The first-order chi connectivity index (χ1) is 8.74. The van der Waals surface area contributed by atoms with Crippen LogP contribution in [0.25, 0.3) is 5.69 Å². The number of carboxylic acid groups (broad SMARTS) is 1. The molecule has 0 spiro atoms. The highest BCUT2D eigenvalue weighted by Crippen LogP contribution is 2.02. The molecule has 5 heteroatoms. The molecular weight excluding hydrogens is 232 g/mol. The molecule has 94 valence electrons. The lowest BCUT2D eigenvalue weighted by Gasteiger charge is -2.04. The summed E-state index contributed by atoms with van der Waals surface area (Å²) < 4.78 is 1.43. The molecule has 0 aliphatic heterocycles. The topological polar surface area (TPSA) is 72.2 Å². The van der Waals surface area contributed by atoms with Crippen molar-refractivity contribution in [3.8, 4) is 5.69 Å². The van der Waals surface area contributed by atoms with Crippen molar-refractivity contribution in [2.45, 2.75) is 13.3 Å². The summed E-state index contributed by atoms with van der Waals surface area (Å²) in [5.41, 5.74) is 1.55. The third kappa shape index (κ3) is 3.28. The van der Waals surface area contributed by atoms with E-state index in [2.05, 4.69) is 5.10 Å². The van der Waals surface area contributed by atoms with Crippen molar-refractivity contribution in [2.24, 2.45) is 0 Å². The van der Waals surface area contributed by atoms with Gasteiger partial charge in [0.1, 0.15) is 0 Å². The molecule has 5 nitrogen and oxygen atoms in total. The lowest BCUT2D eigenvalue weighted by atomic mass is 10.2. The van der Waals surface area contributed by atoms with E-state index in [4.69, 9.17) is 9.90 Å². The monoisotopic (exact) mass is 246 g/mol. The van der Waals surface area contributed by atoms with Gasteiger partial charge in [0.2, 0.25) is 0 Å². The number of benzene rings is 1. The maximum atomic E-state index is 11.9. The predicted octanol–water partition coefficient (Wildman–Crippen LogP) is 1.50. The summed E-state index contributed by atoms with van der Waals surface area (Å²) in [7, 11) is 0. The maximum absolute atomic E-state index is 11.9. The molecule has 1 aromatic heterocycles. The van der Waals surface area contributed by atoms with Crippen LogP contribution in [-0.2, 0) is 11.2 Å². The molecule has 0 bridgehead atoms. The first-order valence-corrected chi connectivity index (χ1v) is 5.45. The van der Waals surface area contributed by atoms with Gasteiger partial charge in [-0.25, -0.2) is 0 Å². The van der Waals surface area contributed by atoms with Crippen LogP contribution in [0.3, 0.4) is 0 Å². The van der Waals surface area contributed by atoms with E-state index in [9.17, 15) is 4.79 Å². The number of nitrogens with zero attached hydrogens (tertiary/aromatic N) is 2. The lowest BCUT2D eigenvalue weighted by molar-refractivity contribution is -0.122. The highest BCUT2D eigenvalue weighted by atomic mass is 16.3. The van der Waals surface area contributed by atoms with E-state index in [-0.39, 0.29) is 12.0 Å². The summed E-state index contributed by atoms with van der Waals surface area (Å²) >= 11 is 0. The summed E-state index contributed by atoms with van der Waals surface area (Å²) in [5, 5.41) is 11.0. The Hall–Kier alpha value is -2.43. The summed E-state index contributed by atoms with van der Waals surface area (Å²) in [6.07, 6.45) is 2.39. The summed E-state index contributed by atoms with van der Waals surface area (Å²) in [6, 6.07) is 11.2. The summed E-state index contributed by atoms with van der Waals surface area (Å²) in [4.78, 5) is 20.3. The van der Waals surface area contributed by atoms with Crippen molar-refractivity contribution in [3.63, 3.8) is 0 Å². The minimum Gasteiger partial charge on any atom is -0.483 e. The van der Waals surface area contributed by atoms with E-state index in [1.807, 2.05) is 37.3 Å². The number of rotatable bonds is 2. The SMILES string of the molecule is CCc1ccnn(-c2ccccc2)c1=O.O=CO. The molecule has 0 saturated heterocycles. The van der Waals surface area contributed by atoms with Crippen LogP contribution in [0, 0.1) is 0 Å². The van der Waals surface area contributed by atoms with Crippen LogP contribution in [0.15, 0.2) is 47.4 Å². The molecule has 1 heterocycles. The predicted molar refractivity (Wildman–Crippen MR) is 67.9 cm³/mol. The number of hydrogen-bond acceptors (Lipinski definition) is 3. The second-order valence-electron chi connectivity index (χ2n) is 3.37. The van der Waals surface area contributed by atoms with Gasteiger partial charge >= 0.3 is 0 Å². The fraction of sp³-hybridized carbons (Fsp3) is 0.154. The van der Waals surface area contributed by atoms with E-state index in [0.29, 0.717) is 0 Å². The number of carbonyl (C=O) groups is 1. The van der Waals surface area contributed by atoms with E-state index in [1.54, 1.807) is 12.3 Å². The average molecular weight is 246 g/mol. The Bertz CT molecular complexity index is 550. The van der Waals surface area contributed by atoms with Crippen molar-refractivity contribution in [2.75, 3.05) is 0 Å². The fourth-order valence-corrected chi connectivity index (χ4v) is 1.47. The highest BCUT2D eigenvalue weighted by Gasteiger charge is 2.03. The van der Waals surface area contributed by atoms with Crippen molar-refractivity contribution >= 4 is 6.47 Å². The van der Waals surface area contributed by atoms with E-state index < -0.39 is 0 Å². The third-order valence-electron chi connectivity index (χ3n) is 2.31. The van der Waals surface area contributed by atoms with Gasteiger partial charge in [0.05, 0.1) is 5.69 Å². The van der Waals surface area contributed by atoms with Crippen LogP contribution >= 0.6 is 0 Å². The van der Waals surface area contributed by atoms with Gasteiger partial charge in [0, 0.05) is 11.8 Å². The maximum Gasteiger partial charge on any atom is 0.290 e. The van der Waals surface area contributed by atoms with Gasteiger partial charge in [-0.2, -0.15) is 9.78 Å². The Kier molecular flexibility index (Phi) is 5.31. The van der Waals surface area contributed by atoms with Gasteiger partial charge in [-0.3, -0.25) is 9.59 Å². The number of aryl methyl sites for hydroxylation is 1. The van der Waals surface area contributed by atoms with Crippen molar-refractivity contribution < 1.29 is 9.90 Å². The van der Waals surface area contributed by atoms with Crippen LogP contribution in [0.5, 0.6) is 0 Å². The Morgan fingerprint density at radius 3 is 2.44 bits per heavy atom. The zero-order valence-electron chi connectivity index (χ0n) is 9.98. The molecule has 1 N–H and O–H groups in total. The van der Waals surface area contributed by atoms with Crippen LogP contribution in [0.4, 0.5) is 0 Å². The van der Waals surface area contributed by atoms with Gasteiger partial charge in [-0.1, -0.05) is 25.1 Å². The minimum atomic E-state index is -0.250. The molecule has 0 radical (unpaired) electrons. The Balaban J connectivity index is 0.000000492. The first kappa shape index (κ1) is 13.6. The second-order valence-corrected chi connectivity index (χ2v) is 3.37. The number of hydrogen-bond donors (Lipinski definition) is 1. The quantitative estimate of drug-likeness (QED) is 0.815. The Morgan fingerprint density at radius 1 is 1.28 bits per heavy atom. The normalized spacial score (nSPS) is 9.17. The highest BCUT2D eigenvalue weighted by molar-refractivity contribution is 5.32. The van der Waals surface area contributed by atoms with Crippen molar-refractivity contribution in [1.29, 1.82) is 0 Å².